The van der Waals surface area contributed by atoms with E-state index < -0.39 is 45.6 Å². The fourth-order valence-electron chi connectivity index (χ4n) is 3.32. The fraction of sp³-hybridized carbons (Fsp3) is 0.250. The van der Waals surface area contributed by atoms with Crippen LogP contribution in [0.5, 0.6) is 0 Å². The molecule has 1 aliphatic heterocycles. The molecule has 0 saturated carbocycles. The number of nitro groups is 1. The van der Waals surface area contributed by atoms with Crippen molar-refractivity contribution in [3.05, 3.63) is 51.0 Å². The zero-order valence-corrected chi connectivity index (χ0v) is 15.0. The van der Waals surface area contributed by atoms with E-state index in [2.05, 4.69) is 10.4 Å². The van der Waals surface area contributed by atoms with Crippen LogP contribution in [-0.4, -0.2) is 47.9 Å². The summed E-state index contributed by atoms with van der Waals surface area (Å²) in [7, 11) is 0. The van der Waals surface area contributed by atoms with Crippen LogP contribution in [0.25, 0.3) is 0 Å². The molecule has 13 heteroatoms. The average molecular weight is 407 g/mol. The maximum Gasteiger partial charge on any atom is 0.432 e. The molecule has 152 valence electrons. The molecular weight excluding hydrogens is 393 g/mol. The first-order valence-electron chi connectivity index (χ1n) is 8.07. The third-order valence-corrected chi connectivity index (χ3v) is 4.61. The quantitative estimate of drug-likeness (QED) is 0.515. The third kappa shape index (κ3) is 3.01. The molecule has 3 N–H and O–H groups in total. The minimum atomic E-state index is -1.53. The molecule has 0 bridgehead atoms. The smallest absolute Gasteiger partial charge is 0.432 e. The largest absolute Gasteiger partial charge is 0.465 e. The summed E-state index contributed by atoms with van der Waals surface area (Å²) in [4.78, 5) is 46.7. The second-order valence-corrected chi connectivity index (χ2v) is 6.64. The van der Waals surface area contributed by atoms with Gasteiger partial charge in [-0.25, -0.2) is 14.0 Å². The minimum Gasteiger partial charge on any atom is -0.465 e. The van der Waals surface area contributed by atoms with Crippen molar-refractivity contribution in [3.63, 3.8) is 0 Å². The van der Waals surface area contributed by atoms with Crippen LogP contribution in [0.1, 0.15) is 35.5 Å². The Labute approximate surface area is 161 Å². The number of rotatable bonds is 3. The summed E-state index contributed by atoms with van der Waals surface area (Å²) in [5, 5.41) is 35.8. The van der Waals surface area contributed by atoms with Crippen LogP contribution in [0.3, 0.4) is 0 Å². The van der Waals surface area contributed by atoms with E-state index in [0.29, 0.717) is 4.68 Å². The van der Waals surface area contributed by atoms with Crippen molar-refractivity contribution in [1.82, 2.24) is 14.7 Å². The Balaban J connectivity index is 2.09. The number of aromatic nitrogens is 2. The number of nitrogens with one attached hydrogen (secondary N) is 1. The molecule has 1 aromatic heterocycles. The molecule has 2 heterocycles. The first-order valence-corrected chi connectivity index (χ1v) is 8.07. The number of carbonyl (C=O) groups excluding carboxylic acids is 1. The number of hydrogen-bond acceptors (Lipinski definition) is 6. The van der Waals surface area contributed by atoms with Crippen LogP contribution in [0.4, 0.5) is 25.5 Å². The van der Waals surface area contributed by atoms with Gasteiger partial charge in [0.2, 0.25) is 0 Å². The summed E-state index contributed by atoms with van der Waals surface area (Å²) in [5.41, 5.74) is -2.84. The summed E-state index contributed by atoms with van der Waals surface area (Å²) in [5.74, 6) is -2.71. The Kier molecular flexibility index (Phi) is 4.45. The van der Waals surface area contributed by atoms with Gasteiger partial charge in [0, 0.05) is 11.6 Å². The Bertz CT molecular complexity index is 1080. The van der Waals surface area contributed by atoms with E-state index in [1.165, 1.54) is 13.8 Å². The number of nitro benzene ring substituents is 1. The van der Waals surface area contributed by atoms with E-state index in [0.717, 1.165) is 23.1 Å². The zero-order chi connectivity index (χ0) is 21.7. The predicted molar refractivity (Wildman–Crippen MR) is 93.3 cm³/mol. The first kappa shape index (κ1) is 19.7. The number of amides is 2. The standard InChI is InChI=1S/C16H14FN5O7/c1-16(2)11-7(6-20(16)14(24)25)12(19-21(11)15(26)27)18-13(23)10-8(17)4-3-5-9(10)22(28)29/h3-5H,6H2,1-2H3,(H,24,25)(H,26,27)(H,18,19,23). The van der Waals surface area contributed by atoms with Crippen LogP contribution < -0.4 is 5.32 Å². The number of benzene rings is 1. The van der Waals surface area contributed by atoms with Crippen LogP contribution in [0.15, 0.2) is 18.2 Å². The minimum absolute atomic E-state index is 0.00531. The molecule has 0 spiro atoms. The van der Waals surface area contributed by atoms with Crippen molar-refractivity contribution < 1.29 is 33.9 Å². The fourth-order valence-corrected chi connectivity index (χ4v) is 3.32. The number of halogens is 1. The molecule has 29 heavy (non-hydrogen) atoms. The van der Waals surface area contributed by atoms with Gasteiger partial charge in [-0.05, 0) is 19.9 Å². The van der Waals surface area contributed by atoms with E-state index in [1.807, 2.05) is 0 Å². The normalized spacial score (nSPS) is 14.4. The lowest BCUT2D eigenvalue weighted by Crippen LogP contribution is -2.41. The van der Waals surface area contributed by atoms with Crippen molar-refractivity contribution in [2.45, 2.75) is 25.9 Å². The van der Waals surface area contributed by atoms with Crippen molar-refractivity contribution in [1.29, 1.82) is 0 Å². The van der Waals surface area contributed by atoms with Gasteiger partial charge in [-0.1, -0.05) is 6.07 Å². The van der Waals surface area contributed by atoms with Gasteiger partial charge in [-0.3, -0.25) is 19.8 Å². The van der Waals surface area contributed by atoms with Crippen molar-refractivity contribution in [2.24, 2.45) is 0 Å². The molecule has 1 aromatic carbocycles. The summed E-state index contributed by atoms with van der Waals surface area (Å²) in [6.45, 7) is 2.63. The monoisotopic (exact) mass is 407 g/mol. The van der Waals surface area contributed by atoms with Gasteiger partial charge in [0.05, 0.1) is 22.7 Å². The molecule has 0 radical (unpaired) electrons. The molecule has 1 aliphatic rings. The van der Waals surface area contributed by atoms with Gasteiger partial charge in [0.1, 0.15) is 5.82 Å². The number of fused-ring (bicyclic) bond motifs is 1. The Morgan fingerprint density at radius 2 is 1.93 bits per heavy atom. The van der Waals surface area contributed by atoms with E-state index in [1.54, 1.807) is 0 Å². The molecule has 0 atom stereocenters. The van der Waals surface area contributed by atoms with Gasteiger partial charge in [0.15, 0.2) is 11.4 Å². The summed E-state index contributed by atoms with van der Waals surface area (Å²) in [6, 6.07) is 2.86. The third-order valence-electron chi connectivity index (χ3n) is 4.61. The molecule has 3 rings (SSSR count). The van der Waals surface area contributed by atoms with Gasteiger partial charge in [-0.2, -0.15) is 4.68 Å². The van der Waals surface area contributed by atoms with Crippen molar-refractivity contribution >= 4 is 29.6 Å². The number of carboxylic acid groups (broad SMARTS) is 2. The summed E-state index contributed by atoms with van der Waals surface area (Å²) >= 11 is 0. The Hall–Kier alpha value is -4.03. The van der Waals surface area contributed by atoms with E-state index in [4.69, 9.17) is 0 Å². The number of nitrogens with zero attached hydrogens (tertiary/aromatic N) is 4. The second-order valence-electron chi connectivity index (χ2n) is 6.64. The lowest BCUT2D eigenvalue weighted by atomic mass is 10.0. The summed E-state index contributed by atoms with van der Waals surface area (Å²) in [6.07, 6.45) is -2.86. The maximum absolute atomic E-state index is 14.1. The highest BCUT2D eigenvalue weighted by Crippen LogP contribution is 2.42. The molecule has 2 aromatic rings. The molecule has 0 aliphatic carbocycles. The number of carbonyl (C=O) groups is 3. The SMILES string of the molecule is CC1(C)c2c(c(NC(=O)c3c(F)cccc3[N+](=O)[O-])nn2C(=O)O)CN1C(=O)O. The number of hydrogen-bond donors (Lipinski definition) is 3. The lowest BCUT2D eigenvalue weighted by molar-refractivity contribution is -0.385. The highest BCUT2D eigenvalue weighted by Gasteiger charge is 2.47. The van der Waals surface area contributed by atoms with Crippen LogP contribution in [-0.2, 0) is 12.1 Å². The molecule has 12 nitrogen and oxygen atoms in total. The topological polar surface area (TPSA) is 168 Å². The van der Waals surface area contributed by atoms with E-state index in [-0.39, 0.29) is 23.6 Å². The highest BCUT2D eigenvalue weighted by molar-refractivity contribution is 6.07. The van der Waals surface area contributed by atoms with Crippen LogP contribution >= 0.6 is 0 Å². The molecule has 0 unspecified atom stereocenters. The van der Waals surface area contributed by atoms with Crippen molar-refractivity contribution in [3.8, 4) is 0 Å². The van der Waals surface area contributed by atoms with E-state index >= 15 is 0 Å². The van der Waals surface area contributed by atoms with Crippen LogP contribution in [0, 0.1) is 15.9 Å². The first-order chi connectivity index (χ1) is 13.5. The summed E-state index contributed by atoms with van der Waals surface area (Å²) < 4.78 is 14.6. The Morgan fingerprint density at radius 3 is 2.48 bits per heavy atom. The highest BCUT2D eigenvalue weighted by atomic mass is 19.1. The molecular formula is C16H14FN5O7. The average Bonchev–Trinajstić information content (AvgIpc) is 3.10. The van der Waals surface area contributed by atoms with Crippen LogP contribution in [0.2, 0.25) is 0 Å². The number of anilines is 1. The molecule has 0 saturated heterocycles. The molecule has 0 fully saturated rings. The lowest BCUT2D eigenvalue weighted by Gasteiger charge is -2.29. The zero-order valence-electron chi connectivity index (χ0n) is 15.0. The van der Waals surface area contributed by atoms with Gasteiger partial charge >= 0.3 is 12.2 Å². The van der Waals surface area contributed by atoms with Gasteiger partial charge < -0.3 is 15.5 Å². The maximum atomic E-state index is 14.1. The predicted octanol–water partition coefficient (Wildman–Crippen LogP) is 2.44. The van der Waals surface area contributed by atoms with E-state index in [9.17, 15) is 39.1 Å². The Morgan fingerprint density at radius 1 is 1.28 bits per heavy atom. The second kappa shape index (κ2) is 6.54. The van der Waals surface area contributed by atoms with Gasteiger partial charge in [-0.15, -0.1) is 5.10 Å². The molecule has 2 amide bonds. The van der Waals surface area contributed by atoms with Gasteiger partial charge in [0.25, 0.3) is 11.6 Å². The van der Waals surface area contributed by atoms with Crippen molar-refractivity contribution in [2.75, 3.05) is 5.32 Å².